The van der Waals surface area contributed by atoms with Crippen LogP contribution in [0.1, 0.15) is 36.6 Å². The fourth-order valence-electron chi connectivity index (χ4n) is 2.82. The maximum atomic E-state index is 15.1. The molecule has 30 heavy (non-hydrogen) atoms. The molecular weight excluding hydrogens is 413 g/mol. The summed E-state index contributed by atoms with van der Waals surface area (Å²) in [6.45, 7) is 4.11. The number of hydrogen-bond donors (Lipinski definition) is 2. The maximum absolute atomic E-state index is 15.1. The molecule has 1 amide bonds. The monoisotopic (exact) mass is 437 g/mol. The second-order valence-corrected chi connectivity index (χ2v) is 6.65. The maximum Gasteiger partial charge on any atom is 0.271 e. The SMILES string of the molecule is CCOc1ccc(C(OC)C(=O)N(Cl)Cc2ccc(C(=N)N)cc2)c(F)c1OCC. The van der Waals surface area contributed by atoms with Gasteiger partial charge < -0.3 is 19.9 Å². The molecule has 0 saturated carbocycles. The Bertz CT molecular complexity index is 893. The number of nitrogens with two attached hydrogens (primary N) is 1. The van der Waals surface area contributed by atoms with E-state index in [2.05, 4.69) is 0 Å². The number of carbonyl (C=O) groups is 1. The first-order chi connectivity index (χ1) is 14.3. The van der Waals surface area contributed by atoms with E-state index in [0.29, 0.717) is 17.7 Å². The number of carbonyl (C=O) groups excluding carboxylic acids is 1. The Morgan fingerprint density at radius 1 is 1.17 bits per heavy atom. The number of amides is 1. The van der Waals surface area contributed by atoms with E-state index in [9.17, 15) is 4.79 Å². The summed E-state index contributed by atoms with van der Waals surface area (Å²) in [4.78, 5) is 12.9. The summed E-state index contributed by atoms with van der Waals surface area (Å²) >= 11 is 6.18. The molecule has 0 aromatic heterocycles. The van der Waals surface area contributed by atoms with Crippen LogP contribution in [0.3, 0.4) is 0 Å². The molecule has 2 aromatic rings. The van der Waals surface area contributed by atoms with Crippen LogP contribution >= 0.6 is 11.8 Å². The number of ether oxygens (including phenoxy) is 3. The number of nitrogen functional groups attached to an aromatic ring is 1. The molecule has 2 rings (SSSR count). The third kappa shape index (κ3) is 5.40. The molecule has 0 fully saturated rings. The molecule has 2 aromatic carbocycles. The summed E-state index contributed by atoms with van der Waals surface area (Å²) in [7, 11) is 1.30. The van der Waals surface area contributed by atoms with Gasteiger partial charge in [0.1, 0.15) is 5.84 Å². The fourth-order valence-corrected chi connectivity index (χ4v) is 3.05. The summed E-state index contributed by atoms with van der Waals surface area (Å²) in [6.07, 6.45) is -1.27. The molecule has 0 spiro atoms. The van der Waals surface area contributed by atoms with Gasteiger partial charge in [0, 0.05) is 30.0 Å². The van der Waals surface area contributed by atoms with Gasteiger partial charge in [-0.1, -0.05) is 24.3 Å². The molecular formula is C21H25ClFN3O4. The van der Waals surface area contributed by atoms with Gasteiger partial charge in [-0.15, -0.1) is 0 Å². The van der Waals surface area contributed by atoms with Crippen LogP contribution in [0.15, 0.2) is 36.4 Å². The van der Waals surface area contributed by atoms with Gasteiger partial charge in [-0.25, -0.2) is 8.81 Å². The van der Waals surface area contributed by atoms with Gasteiger partial charge in [-0.05, 0) is 31.5 Å². The van der Waals surface area contributed by atoms with Crippen LogP contribution in [0.2, 0.25) is 0 Å². The van der Waals surface area contributed by atoms with Crippen molar-refractivity contribution < 1.29 is 23.4 Å². The Kier molecular flexibility index (Phi) is 8.44. The Hall–Kier alpha value is -2.84. The average molecular weight is 438 g/mol. The number of amidine groups is 1. The van der Waals surface area contributed by atoms with Crippen LogP contribution in [0.4, 0.5) is 4.39 Å². The molecule has 0 bridgehead atoms. The Labute approximate surface area is 180 Å². The standard InChI is InChI=1S/C21H25ClFN3O4/c1-4-29-16-11-10-15(17(23)19(16)30-5-2)18(28-3)21(27)26(22)12-13-6-8-14(9-7-13)20(24)25/h6-11,18H,4-5,12H2,1-3H3,(H3,24,25). The molecule has 1 atom stereocenters. The Balaban J connectivity index is 2.26. The third-order valence-corrected chi connectivity index (χ3v) is 4.53. The molecule has 0 heterocycles. The lowest BCUT2D eigenvalue weighted by Gasteiger charge is -2.22. The van der Waals surface area contributed by atoms with E-state index < -0.39 is 17.8 Å². The van der Waals surface area contributed by atoms with E-state index in [4.69, 9.17) is 37.1 Å². The van der Waals surface area contributed by atoms with E-state index in [1.54, 1.807) is 38.1 Å². The number of nitrogens with zero attached hydrogens (tertiary/aromatic N) is 1. The smallest absolute Gasteiger partial charge is 0.271 e. The third-order valence-electron chi connectivity index (χ3n) is 4.25. The largest absolute Gasteiger partial charge is 0.490 e. The van der Waals surface area contributed by atoms with Gasteiger partial charge in [0.05, 0.1) is 19.8 Å². The van der Waals surface area contributed by atoms with Crippen LogP contribution in [0.25, 0.3) is 0 Å². The first kappa shape index (κ1) is 23.4. The normalized spacial score (nSPS) is 11.6. The number of methoxy groups -OCH3 is 1. The van der Waals surface area contributed by atoms with E-state index >= 15 is 4.39 Å². The lowest BCUT2D eigenvalue weighted by molar-refractivity contribution is -0.138. The van der Waals surface area contributed by atoms with E-state index in [1.165, 1.54) is 19.2 Å². The number of rotatable bonds is 10. The van der Waals surface area contributed by atoms with Crippen LogP contribution in [-0.2, 0) is 16.1 Å². The molecule has 0 aliphatic carbocycles. The quantitative estimate of drug-likeness (QED) is 0.335. The lowest BCUT2D eigenvalue weighted by atomic mass is 10.1. The molecule has 0 radical (unpaired) electrons. The van der Waals surface area contributed by atoms with Gasteiger partial charge in [0.2, 0.25) is 0 Å². The highest BCUT2D eigenvalue weighted by Gasteiger charge is 2.30. The first-order valence-electron chi connectivity index (χ1n) is 9.35. The zero-order valence-corrected chi connectivity index (χ0v) is 17.8. The second kappa shape index (κ2) is 10.8. The van der Waals surface area contributed by atoms with Crippen molar-refractivity contribution in [1.29, 1.82) is 5.41 Å². The molecule has 0 aliphatic heterocycles. The minimum atomic E-state index is -1.27. The highest BCUT2D eigenvalue weighted by molar-refractivity contribution is 6.21. The molecule has 9 heteroatoms. The zero-order chi connectivity index (χ0) is 22.3. The summed E-state index contributed by atoms with van der Waals surface area (Å²) in [5.74, 6) is -1.26. The Morgan fingerprint density at radius 2 is 1.80 bits per heavy atom. The van der Waals surface area contributed by atoms with Crippen molar-refractivity contribution >= 4 is 23.5 Å². The predicted molar refractivity (Wildman–Crippen MR) is 112 cm³/mol. The molecule has 3 N–H and O–H groups in total. The molecule has 0 aliphatic rings. The minimum Gasteiger partial charge on any atom is -0.490 e. The zero-order valence-electron chi connectivity index (χ0n) is 17.1. The topological polar surface area (TPSA) is 97.9 Å². The highest BCUT2D eigenvalue weighted by atomic mass is 35.5. The van der Waals surface area contributed by atoms with Crippen LogP contribution < -0.4 is 15.2 Å². The number of nitrogens with one attached hydrogen (secondary N) is 1. The van der Waals surface area contributed by atoms with E-state index in [1.807, 2.05) is 0 Å². The van der Waals surface area contributed by atoms with Crippen LogP contribution in [0, 0.1) is 11.2 Å². The van der Waals surface area contributed by atoms with Crippen LogP contribution in [-0.4, -0.2) is 36.5 Å². The fraction of sp³-hybridized carbons (Fsp3) is 0.333. The van der Waals surface area contributed by atoms with Crippen molar-refractivity contribution in [2.24, 2.45) is 5.73 Å². The Morgan fingerprint density at radius 3 is 2.33 bits per heavy atom. The van der Waals surface area contributed by atoms with E-state index in [0.717, 1.165) is 4.42 Å². The lowest BCUT2D eigenvalue weighted by Crippen LogP contribution is -2.29. The van der Waals surface area contributed by atoms with Gasteiger partial charge in [0.15, 0.2) is 23.4 Å². The molecule has 7 nitrogen and oxygen atoms in total. The van der Waals surface area contributed by atoms with Crippen molar-refractivity contribution in [2.75, 3.05) is 20.3 Å². The van der Waals surface area contributed by atoms with Gasteiger partial charge in [0.25, 0.3) is 5.91 Å². The van der Waals surface area contributed by atoms with Crippen LogP contribution in [0.5, 0.6) is 11.5 Å². The summed E-state index contributed by atoms with van der Waals surface area (Å²) in [5.41, 5.74) is 6.69. The van der Waals surface area contributed by atoms with Gasteiger partial charge in [-0.2, -0.15) is 0 Å². The highest BCUT2D eigenvalue weighted by Crippen LogP contribution is 2.36. The number of halogens is 2. The average Bonchev–Trinajstić information content (AvgIpc) is 2.73. The van der Waals surface area contributed by atoms with Crippen molar-refractivity contribution in [2.45, 2.75) is 26.5 Å². The minimum absolute atomic E-state index is 0.00743. The first-order valence-corrected chi connectivity index (χ1v) is 9.69. The molecule has 162 valence electrons. The second-order valence-electron chi connectivity index (χ2n) is 6.25. The molecule has 0 saturated heterocycles. The van der Waals surface area contributed by atoms with Crippen molar-refractivity contribution in [3.8, 4) is 11.5 Å². The summed E-state index contributed by atoms with van der Waals surface area (Å²) < 4.78 is 32.1. The van der Waals surface area contributed by atoms with Crippen molar-refractivity contribution in [3.05, 3.63) is 58.9 Å². The number of benzene rings is 2. The molecule has 1 unspecified atom stereocenters. The van der Waals surface area contributed by atoms with Crippen molar-refractivity contribution in [3.63, 3.8) is 0 Å². The summed E-state index contributed by atoms with van der Waals surface area (Å²) in [5, 5.41) is 7.42. The number of hydrogen-bond acceptors (Lipinski definition) is 5. The predicted octanol–water partition coefficient (Wildman–Crippen LogP) is 3.78. The van der Waals surface area contributed by atoms with E-state index in [-0.39, 0.29) is 36.0 Å². The van der Waals surface area contributed by atoms with Gasteiger partial charge in [-0.3, -0.25) is 10.2 Å². The van der Waals surface area contributed by atoms with Crippen molar-refractivity contribution in [1.82, 2.24) is 4.42 Å². The summed E-state index contributed by atoms with van der Waals surface area (Å²) in [6, 6.07) is 9.66. The van der Waals surface area contributed by atoms with Gasteiger partial charge >= 0.3 is 0 Å².